The van der Waals surface area contributed by atoms with Crippen LogP contribution in [0.3, 0.4) is 0 Å². The molecule has 2 aliphatic rings. The number of nitrogens with zero attached hydrogens (tertiary/aromatic N) is 1. The molecule has 21 heavy (non-hydrogen) atoms. The summed E-state index contributed by atoms with van der Waals surface area (Å²) in [5, 5.41) is 3.48. The second-order valence-electron chi connectivity index (χ2n) is 6.40. The van der Waals surface area contributed by atoms with Gasteiger partial charge in [-0.1, -0.05) is 6.07 Å². The summed E-state index contributed by atoms with van der Waals surface area (Å²) in [6.07, 6.45) is 4.01. The third-order valence-electron chi connectivity index (χ3n) is 5.04. The third-order valence-corrected chi connectivity index (χ3v) is 5.04. The van der Waals surface area contributed by atoms with Crippen molar-refractivity contribution in [2.24, 2.45) is 5.41 Å². The van der Waals surface area contributed by atoms with Gasteiger partial charge in [0.2, 0.25) is 0 Å². The quantitative estimate of drug-likeness (QED) is 0.922. The van der Waals surface area contributed by atoms with E-state index in [9.17, 15) is 0 Å². The molecule has 2 fully saturated rings. The minimum Gasteiger partial charge on any atom is -0.493 e. The molecule has 1 aromatic rings. The molecular formula is C17H26N2O2. The number of piperidine rings is 1. The molecule has 0 radical (unpaired) electrons. The van der Waals surface area contributed by atoms with Gasteiger partial charge in [-0.25, -0.2) is 0 Å². The lowest BCUT2D eigenvalue weighted by molar-refractivity contribution is 0.194. The predicted octanol–water partition coefficient (Wildman–Crippen LogP) is 2.28. The maximum Gasteiger partial charge on any atom is 0.161 e. The number of methoxy groups -OCH3 is 2. The number of ether oxygens (including phenoxy) is 2. The zero-order valence-corrected chi connectivity index (χ0v) is 13.2. The molecule has 0 saturated carbocycles. The van der Waals surface area contributed by atoms with Crippen LogP contribution in [-0.2, 0) is 6.54 Å². The van der Waals surface area contributed by atoms with Crippen LogP contribution in [0.2, 0.25) is 0 Å². The Balaban J connectivity index is 1.64. The fourth-order valence-electron chi connectivity index (χ4n) is 3.77. The van der Waals surface area contributed by atoms with E-state index >= 15 is 0 Å². The van der Waals surface area contributed by atoms with Gasteiger partial charge < -0.3 is 14.8 Å². The van der Waals surface area contributed by atoms with Gasteiger partial charge in [0.05, 0.1) is 14.2 Å². The predicted molar refractivity (Wildman–Crippen MR) is 84.0 cm³/mol. The van der Waals surface area contributed by atoms with E-state index in [2.05, 4.69) is 22.3 Å². The fraction of sp³-hybridized carbons (Fsp3) is 0.647. The average Bonchev–Trinajstić information content (AvgIpc) is 2.90. The van der Waals surface area contributed by atoms with Crippen LogP contribution in [0.5, 0.6) is 11.5 Å². The summed E-state index contributed by atoms with van der Waals surface area (Å²) in [5.74, 6) is 1.63. The van der Waals surface area contributed by atoms with E-state index in [1.54, 1.807) is 14.2 Å². The summed E-state index contributed by atoms with van der Waals surface area (Å²) in [4.78, 5) is 2.59. The summed E-state index contributed by atoms with van der Waals surface area (Å²) in [7, 11) is 3.38. The van der Waals surface area contributed by atoms with Gasteiger partial charge in [0, 0.05) is 13.1 Å². The maximum atomic E-state index is 5.40. The molecule has 1 aromatic carbocycles. The van der Waals surface area contributed by atoms with Crippen LogP contribution in [0.25, 0.3) is 0 Å². The van der Waals surface area contributed by atoms with Crippen LogP contribution in [0.15, 0.2) is 18.2 Å². The molecule has 0 amide bonds. The Morgan fingerprint density at radius 3 is 2.57 bits per heavy atom. The molecule has 0 bridgehead atoms. The lowest BCUT2D eigenvalue weighted by atomic mass is 9.78. The molecule has 4 nitrogen and oxygen atoms in total. The molecule has 3 rings (SSSR count). The highest BCUT2D eigenvalue weighted by atomic mass is 16.5. The van der Waals surface area contributed by atoms with Crippen LogP contribution < -0.4 is 14.8 Å². The Labute approximate surface area is 127 Å². The number of rotatable bonds is 4. The monoisotopic (exact) mass is 290 g/mol. The summed E-state index contributed by atoms with van der Waals surface area (Å²) in [5.41, 5.74) is 1.88. The van der Waals surface area contributed by atoms with E-state index in [1.165, 1.54) is 51.0 Å². The van der Waals surface area contributed by atoms with E-state index in [4.69, 9.17) is 9.47 Å². The van der Waals surface area contributed by atoms with Gasteiger partial charge in [-0.15, -0.1) is 0 Å². The van der Waals surface area contributed by atoms with Gasteiger partial charge in [-0.05, 0) is 62.0 Å². The van der Waals surface area contributed by atoms with Crippen molar-refractivity contribution >= 4 is 0 Å². The van der Waals surface area contributed by atoms with E-state index < -0.39 is 0 Å². The standard InChI is InChI=1S/C17H26N2O2/c1-20-15-4-3-14(11-16(15)21-2)12-19-10-7-17(13-19)5-8-18-9-6-17/h3-4,11,18H,5-10,12-13H2,1-2H3. The Hall–Kier alpha value is -1.26. The zero-order chi connectivity index (χ0) is 14.7. The van der Waals surface area contributed by atoms with E-state index in [-0.39, 0.29) is 0 Å². The minimum absolute atomic E-state index is 0.571. The van der Waals surface area contributed by atoms with Crippen molar-refractivity contribution in [2.45, 2.75) is 25.8 Å². The molecule has 0 unspecified atom stereocenters. The normalized spacial score (nSPS) is 21.6. The molecule has 0 aliphatic carbocycles. The molecule has 1 spiro atoms. The Morgan fingerprint density at radius 1 is 1.10 bits per heavy atom. The summed E-state index contributed by atoms with van der Waals surface area (Å²) < 4.78 is 10.7. The highest BCUT2D eigenvalue weighted by Gasteiger charge is 2.38. The van der Waals surface area contributed by atoms with E-state index in [0.717, 1.165) is 18.0 Å². The van der Waals surface area contributed by atoms with Crippen molar-refractivity contribution in [2.75, 3.05) is 40.4 Å². The van der Waals surface area contributed by atoms with Gasteiger partial charge in [0.15, 0.2) is 11.5 Å². The smallest absolute Gasteiger partial charge is 0.161 e. The lowest BCUT2D eigenvalue weighted by Gasteiger charge is -2.34. The van der Waals surface area contributed by atoms with Gasteiger partial charge in [0.25, 0.3) is 0 Å². The first-order valence-electron chi connectivity index (χ1n) is 7.89. The fourth-order valence-corrected chi connectivity index (χ4v) is 3.77. The van der Waals surface area contributed by atoms with Gasteiger partial charge in [0.1, 0.15) is 0 Å². The highest BCUT2D eigenvalue weighted by molar-refractivity contribution is 5.42. The number of hydrogen-bond acceptors (Lipinski definition) is 4. The topological polar surface area (TPSA) is 33.7 Å². The van der Waals surface area contributed by atoms with Crippen LogP contribution in [0.4, 0.5) is 0 Å². The summed E-state index contributed by atoms with van der Waals surface area (Å²) >= 11 is 0. The van der Waals surface area contributed by atoms with Gasteiger partial charge >= 0.3 is 0 Å². The lowest BCUT2D eigenvalue weighted by Crippen LogP contribution is -2.38. The van der Waals surface area contributed by atoms with Gasteiger partial charge in [-0.2, -0.15) is 0 Å². The number of nitrogens with one attached hydrogen (secondary N) is 1. The first-order chi connectivity index (χ1) is 10.2. The molecule has 0 aromatic heterocycles. The SMILES string of the molecule is COc1ccc(CN2CCC3(CCNCC3)C2)cc1OC. The second kappa shape index (κ2) is 6.24. The molecule has 2 heterocycles. The molecule has 116 valence electrons. The van der Waals surface area contributed by atoms with Crippen LogP contribution in [0.1, 0.15) is 24.8 Å². The third kappa shape index (κ3) is 3.16. The Kier molecular flexibility index (Phi) is 4.36. The van der Waals surface area contributed by atoms with Crippen LogP contribution >= 0.6 is 0 Å². The van der Waals surface area contributed by atoms with E-state index in [0.29, 0.717) is 5.41 Å². The van der Waals surface area contributed by atoms with Crippen molar-refractivity contribution in [1.82, 2.24) is 10.2 Å². The largest absolute Gasteiger partial charge is 0.493 e. The van der Waals surface area contributed by atoms with Crippen LogP contribution in [0, 0.1) is 5.41 Å². The van der Waals surface area contributed by atoms with Crippen molar-refractivity contribution in [1.29, 1.82) is 0 Å². The summed E-state index contributed by atoms with van der Waals surface area (Å²) in [6, 6.07) is 6.26. The minimum atomic E-state index is 0.571. The molecule has 0 atom stereocenters. The zero-order valence-electron chi connectivity index (χ0n) is 13.2. The van der Waals surface area contributed by atoms with Crippen molar-refractivity contribution < 1.29 is 9.47 Å². The van der Waals surface area contributed by atoms with Crippen molar-refractivity contribution in [3.05, 3.63) is 23.8 Å². The molecular weight excluding hydrogens is 264 g/mol. The number of hydrogen-bond donors (Lipinski definition) is 1. The van der Waals surface area contributed by atoms with E-state index in [1.807, 2.05) is 6.07 Å². The number of benzene rings is 1. The first kappa shape index (κ1) is 14.7. The van der Waals surface area contributed by atoms with Crippen LogP contribution in [-0.4, -0.2) is 45.3 Å². The maximum absolute atomic E-state index is 5.40. The Bertz CT molecular complexity index is 484. The van der Waals surface area contributed by atoms with Crippen molar-refractivity contribution in [3.8, 4) is 11.5 Å². The van der Waals surface area contributed by atoms with Crippen molar-refractivity contribution in [3.63, 3.8) is 0 Å². The molecule has 2 aliphatic heterocycles. The highest BCUT2D eigenvalue weighted by Crippen LogP contribution is 2.39. The summed E-state index contributed by atoms with van der Waals surface area (Å²) in [6.45, 7) is 5.83. The molecule has 2 saturated heterocycles. The average molecular weight is 290 g/mol. The molecule has 1 N–H and O–H groups in total. The second-order valence-corrected chi connectivity index (χ2v) is 6.40. The molecule has 4 heteroatoms. The van der Waals surface area contributed by atoms with Gasteiger partial charge in [-0.3, -0.25) is 4.90 Å². The number of likely N-dealkylation sites (tertiary alicyclic amines) is 1. The first-order valence-corrected chi connectivity index (χ1v) is 7.89. The Morgan fingerprint density at radius 2 is 1.86 bits per heavy atom.